The Bertz CT molecular complexity index is 336. The first-order chi connectivity index (χ1) is 7.56. The lowest BCUT2D eigenvalue weighted by atomic mass is 10.0. The highest BCUT2D eigenvalue weighted by molar-refractivity contribution is 6.30. The Balaban J connectivity index is 2.52. The Morgan fingerprint density at radius 3 is 2.62 bits per heavy atom. The minimum absolute atomic E-state index is 0.299. The maximum atomic E-state index is 9.89. The summed E-state index contributed by atoms with van der Waals surface area (Å²) in [5, 5.41) is 14.8. The Labute approximate surface area is 102 Å². The third-order valence-electron chi connectivity index (χ3n) is 2.85. The van der Waals surface area contributed by atoms with Crippen LogP contribution in [0.1, 0.15) is 43.9 Å². The molecule has 0 spiro atoms. The Hall–Kier alpha value is -0.540. The molecule has 0 aliphatic rings. The van der Waals surface area contributed by atoms with Gasteiger partial charge in [0.25, 0.3) is 0 Å². The van der Waals surface area contributed by atoms with Gasteiger partial charge in [-0.05, 0) is 13.3 Å². The second-order valence-corrected chi connectivity index (χ2v) is 4.69. The third kappa shape index (κ3) is 3.49. The van der Waals surface area contributed by atoms with E-state index < -0.39 is 0 Å². The fourth-order valence-corrected chi connectivity index (χ4v) is 2.13. The maximum Gasteiger partial charge on any atom is 0.130 e. The Kier molecular flexibility index (Phi) is 5.29. The van der Waals surface area contributed by atoms with E-state index in [1.54, 1.807) is 4.68 Å². The van der Waals surface area contributed by atoms with E-state index in [0.29, 0.717) is 11.6 Å². The van der Waals surface area contributed by atoms with Gasteiger partial charge in [0.15, 0.2) is 0 Å². The number of aryl methyl sites for hydroxylation is 2. The van der Waals surface area contributed by atoms with Crippen LogP contribution in [0.3, 0.4) is 0 Å². The van der Waals surface area contributed by atoms with Crippen LogP contribution in [0.25, 0.3) is 0 Å². The highest BCUT2D eigenvalue weighted by Crippen LogP contribution is 2.21. The fraction of sp³-hybridized carbons (Fsp3) is 0.750. The molecular formula is C12H21ClN2O. The second-order valence-electron chi connectivity index (χ2n) is 4.33. The van der Waals surface area contributed by atoms with Crippen molar-refractivity contribution < 1.29 is 5.11 Å². The monoisotopic (exact) mass is 244 g/mol. The molecule has 0 fully saturated rings. The molecule has 0 aromatic carbocycles. The van der Waals surface area contributed by atoms with E-state index in [-0.39, 0.29) is 6.10 Å². The largest absolute Gasteiger partial charge is 0.393 e. The zero-order chi connectivity index (χ0) is 12.1. The van der Waals surface area contributed by atoms with Crippen LogP contribution >= 0.6 is 11.6 Å². The molecule has 0 saturated heterocycles. The van der Waals surface area contributed by atoms with E-state index in [1.807, 2.05) is 14.0 Å². The lowest BCUT2D eigenvalue weighted by molar-refractivity contribution is 0.161. The topological polar surface area (TPSA) is 38.1 Å². The van der Waals surface area contributed by atoms with Crippen LogP contribution in [0, 0.1) is 6.92 Å². The van der Waals surface area contributed by atoms with E-state index in [2.05, 4.69) is 12.0 Å². The van der Waals surface area contributed by atoms with Crippen molar-refractivity contribution in [3.8, 4) is 0 Å². The lowest BCUT2D eigenvalue weighted by Crippen LogP contribution is -2.11. The molecule has 1 aromatic heterocycles. The first kappa shape index (κ1) is 13.5. The van der Waals surface area contributed by atoms with Crippen molar-refractivity contribution in [3.63, 3.8) is 0 Å². The summed E-state index contributed by atoms with van der Waals surface area (Å²) in [6.45, 7) is 4.09. The number of nitrogens with zero attached hydrogens (tertiary/aromatic N) is 2. The molecule has 1 atom stereocenters. The van der Waals surface area contributed by atoms with Crippen LogP contribution < -0.4 is 0 Å². The molecular weight excluding hydrogens is 224 g/mol. The molecule has 1 unspecified atom stereocenters. The van der Waals surface area contributed by atoms with Crippen molar-refractivity contribution >= 4 is 11.6 Å². The van der Waals surface area contributed by atoms with Gasteiger partial charge in [-0.3, -0.25) is 4.68 Å². The van der Waals surface area contributed by atoms with E-state index in [9.17, 15) is 5.11 Å². The van der Waals surface area contributed by atoms with Gasteiger partial charge in [0.2, 0.25) is 0 Å². The van der Waals surface area contributed by atoms with E-state index >= 15 is 0 Å². The molecule has 92 valence electrons. The maximum absolute atomic E-state index is 9.89. The molecule has 1 aromatic rings. The molecule has 0 radical (unpaired) electrons. The van der Waals surface area contributed by atoms with Crippen molar-refractivity contribution in [2.24, 2.45) is 7.05 Å². The second kappa shape index (κ2) is 6.26. The zero-order valence-electron chi connectivity index (χ0n) is 10.3. The Morgan fingerprint density at radius 2 is 2.12 bits per heavy atom. The molecule has 1 heterocycles. The highest BCUT2D eigenvalue weighted by atomic mass is 35.5. The van der Waals surface area contributed by atoms with Gasteiger partial charge in [0.05, 0.1) is 11.8 Å². The summed E-state index contributed by atoms with van der Waals surface area (Å²) in [6, 6.07) is 0. The average molecular weight is 245 g/mol. The molecule has 1 rings (SSSR count). The standard InChI is InChI=1S/C12H21ClN2O/c1-4-5-6-7-10(16)8-11-9(2)14-15(3)12(11)13/h10,16H,4-8H2,1-3H3. The van der Waals surface area contributed by atoms with Gasteiger partial charge in [0, 0.05) is 19.0 Å². The third-order valence-corrected chi connectivity index (χ3v) is 3.32. The lowest BCUT2D eigenvalue weighted by Gasteiger charge is -2.09. The molecule has 0 bridgehead atoms. The number of aromatic nitrogens is 2. The molecule has 0 aliphatic heterocycles. The summed E-state index contributed by atoms with van der Waals surface area (Å²) in [4.78, 5) is 0. The first-order valence-corrected chi connectivity index (χ1v) is 6.30. The number of unbranched alkanes of at least 4 members (excludes halogenated alkanes) is 2. The van der Waals surface area contributed by atoms with Gasteiger partial charge in [0.1, 0.15) is 5.15 Å². The van der Waals surface area contributed by atoms with Crippen molar-refractivity contribution in [1.82, 2.24) is 9.78 Å². The van der Waals surface area contributed by atoms with Crippen molar-refractivity contribution in [3.05, 3.63) is 16.4 Å². The van der Waals surface area contributed by atoms with Gasteiger partial charge in [-0.15, -0.1) is 0 Å². The van der Waals surface area contributed by atoms with Crippen molar-refractivity contribution in [2.45, 2.75) is 52.1 Å². The van der Waals surface area contributed by atoms with E-state index in [1.165, 1.54) is 12.8 Å². The number of hydrogen-bond donors (Lipinski definition) is 1. The number of hydrogen-bond acceptors (Lipinski definition) is 2. The molecule has 0 saturated carbocycles. The summed E-state index contributed by atoms with van der Waals surface area (Å²) in [5.74, 6) is 0. The predicted molar refractivity (Wildman–Crippen MR) is 66.8 cm³/mol. The number of rotatable bonds is 6. The van der Waals surface area contributed by atoms with E-state index in [4.69, 9.17) is 11.6 Å². The molecule has 0 amide bonds. The van der Waals surface area contributed by atoms with Gasteiger partial charge in [-0.25, -0.2) is 0 Å². The summed E-state index contributed by atoms with van der Waals surface area (Å²) >= 11 is 6.11. The normalized spacial score (nSPS) is 13.1. The first-order valence-electron chi connectivity index (χ1n) is 5.92. The fourth-order valence-electron chi connectivity index (χ4n) is 1.87. The van der Waals surface area contributed by atoms with Crippen LogP contribution in [0.5, 0.6) is 0 Å². The van der Waals surface area contributed by atoms with Gasteiger partial charge >= 0.3 is 0 Å². The molecule has 16 heavy (non-hydrogen) atoms. The molecule has 0 aliphatic carbocycles. The number of aliphatic hydroxyl groups excluding tert-OH is 1. The summed E-state index contributed by atoms with van der Waals surface area (Å²) in [7, 11) is 1.82. The van der Waals surface area contributed by atoms with Crippen LogP contribution in [-0.4, -0.2) is 21.0 Å². The zero-order valence-corrected chi connectivity index (χ0v) is 11.1. The van der Waals surface area contributed by atoms with Crippen LogP contribution in [0.15, 0.2) is 0 Å². The SMILES string of the molecule is CCCCCC(O)Cc1c(C)nn(C)c1Cl. The van der Waals surface area contributed by atoms with E-state index in [0.717, 1.165) is 24.1 Å². The summed E-state index contributed by atoms with van der Waals surface area (Å²) in [5.41, 5.74) is 1.90. The molecule has 3 nitrogen and oxygen atoms in total. The predicted octanol–water partition coefficient (Wildman–Crippen LogP) is 2.87. The minimum Gasteiger partial charge on any atom is -0.393 e. The Morgan fingerprint density at radius 1 is 1.44 bits per heavy atom. The number of halogens is 1. The van der Waals surface area contributed by atoms with Gasteiger partial charge < -0.3 is 5.11 Å². The summed E-state index contributed by atoms with van der Waals surface area (Å²) < 4.78 is 1.66. The molecule has 4 heteroatoms. The quantitative estimate of drug-likeness (QED) is 0.782. The van der Waals surface area contributed by atoms with Crippen LogP contribution in [-0.2, 0) is 13.5 Å². The smallest absolute Gasteiger partial charge is 0.130 e. The number of aliphatic hydroxyl groups is 1. The highest BCUT2D eigenvalue weighted by Gasteiger charge is 2.15. The van der Waals surface area contributed by atoms with Crippen LogP contribution in [0.2, 0.25) is 5.15 Å². The van der Waals surface area contributed by atoms with Gasteiger partial charge in [-0.1, -0.05) is 37.8 Å². The van der Waals surface area contributed by atoms with Crippen molar-refractivity contribution in [2.75, 3.05) is 0 Å². The van der Waals surface area contributed by atoms with Gasteiger partial charge in [-0.2, -0.15) is 5.10 Å². The summed E-state index contributed by atoms with van der Waals surface area (Å²) in [6.07, 6.45) is 4.60. The average Bonchev–Trinajstić information content (AvgIpc) is 2.46. The van der Waals surface area contributed by atoms with Crippen molar-refractivity contribution in [1.29, 1.82) is 0 Å². The van der Waals surface area contributed by atoms with Crippen LogP contribution in [0.4, 0.5) is 0 Å². The molecule has 1 N–H and O–H groups in total. The minimum atomic E-state index is -0.299.